The van der Waals surface area contributed by atoms with Gasteiger partial charge in [-0.25, -0.2) is 0 Å². The molecule has 0 fully saturated rings. The summed E-state index contributed by atoms with van der Waals surface area (Å²) >= 11 is 0. The van der Waals surface area contributed by atoms with Crippen LogP contribution in [0.2, 0.25) is 0 Å². The first kappa shape index (κ1) is 10.4. The van der Waals surface area contributed by atoms with Crippen LogP contribution in [0.25, 0.3) is 10.9 Å². The van der Waals surface area contributed by atoms with Crippen LogP contribution in [0, 0.1) is 0 Å². The summed E-state index contributed by atoms with van der Waals surface area (Å²) in [5.41, 5.74) is 0.629. The highest BCUT2D eigenvalue weighted by atomic mass is 16.5. The maximum absolute atomic E-state index is 10.7. The van der Waals surface area contributed by atoms with Gasteiger partial charge in [-0.2, -0.15) is 0 Å². The van der Waals surface area contributed by atoms with Crippen LogP contribution in [0.1, 0.15) is 10.5 Å². The van der Waals surface area contributed by atoms with E-state index in [-0.39, 0.29) is 5.69 Å². The van der Waals surface area contributed by atoms with Crippen molar-refractivity contribution in [2.45, 2.75) is 0 Å². The fourth-order valence-corrected chi connectivity index (χ4v) is 1.57. The van der Waals surface area contributed by atoms with Gasteiger partial charge in [0.25, 0.3) is 0 Å². The third kappa shape index (κ3) is 1.56. The van der Waals surface area contributed by atoms with Crippen LogP contribution in [0.3, 0.4) is 0 Å². The summed E-state index contributed by atoms with van der Waals surface area (Å²) < 4.78 is 10.2. The number of H-pyrrole nitrogens is 1. The van der Waals surface area contributed by atoms with Gasteiger partial charge in [0.15, 0.2) is 0 Å². The first-order valence-electron chi connectivity index (χ1n) is 4.62. The molecule has 0 saturated heterocycles. The molecular formula is C11H10NO4-. The lowest BCUT2D eigenvalue weighted by Gasteiger charge is -2.05. The molecule has 0 radical (unpaired) electrons. The molecule has 5 nitrogen and oxygen atoms in total. The SMILES string of the molecule is COc1cc(OC)c2[nH]c(C(=O)[O-])cc2c1. The summed E-state index contributed by atoms with van der Waals surface area (Å²) in [7, 11) is 3.04. The predicted molar refractivity (Wildman–Crippen MR) is 55.7 cm³/mol. The fraction of sp³-hybridized carbons (Fsp3) is 0.182. The zero-order valence-electron chi connectivity index (χ0n) is 8.87. The maximum Gasteiger partial charge on any atom is 0.146 e. The molecule has 2 rings (SSSR count). The standard InChI is InChI=1S/C11H11NO4/c1-15-7-3-6-4-8(11(13)14)12-10(6)9(5-7)16-2/h3-5,12H,1-2H3,(H,13,14)/p-1. The van der Waals surface area contributed by atoms with Crippen molar-refractivity contribution in [3.63, 3.8) is 0 Å². The third-order valence-electron chi connectivity index (χ3n) is 2.34. The van der Waals surface area contributed by atoms with E-state index in [1.54, 1.807) is 12.1 Å². The van der Waals surface area contributed by atoms with Crippen molar-refractivity contribution < 1.29 is 19.4 Å². The smallest absolute Gasteiger partial charge is 0.146 e. The highest BCUT2D eigenvalue weighted by Crippen LogP contribution is 2.30. The molecule has 0 saturated carbocycles. The fourth-order valence-electron chi connectivity index (χ4n) is 1.57. The number of methoxy groups -OCH3 is 2. The molecule has 2 aromatic rings. The van der Waals surface area contributed by atoms with Gasteiger partial charge in [0.1, 0.15) is 11.5 Å². The van der Waals surface area contributed by atoms with Gasteiger partial charge in [0, 0.05) is 11.5 Å². The minimum atomic E-state index is -1.25. The average molecular weight is 220 g/mol. The summed E-state index contributed by atoms with van der Waals surface area (Å²) in [6.45, 7) is 0. The number of aromatic nitrogens is 1. The van der Waals surface area contributed by atoms with Crippen molar-refractivity contribution in [1.29, 1.82) is 0 Å². The average Bonchev–Trinajstić information content (AvgIpc) is 2.71. The number of carboxylic acid groups (broad SMARTS) is 1. The Balaban J connectivity index is 2.69. The lowest BCUT2D eigenvalue weighted by Crippen LogP contribution is -2.22. The highest BCUT2D eigenvalue weighted by molar-refractivity contribution is 5.95. The van der Waals surface area contributed by atoms with E-state index >= 15 is 0 Å². The second kappa shape index (κ2) is 3.77. The van der Waals surface area contributed by atoms with E-state index in [1.807, 2.05) is 0 Å². The predicted octanol–water partition coefficient (Wildman–Crippen LogP) is 0.549. The van der Waals surface area contributed by atoms with Gasteiger partial charge in [0.2, 0.25) is 0 Å². The van der Waals surface area contributed by atoms with Crippen molar-refractivity contribution >= 4 is 16.9 Å². The summed E-state index contributed by atoms with van der Waals surface area (Å²) in [5, 5.41) is 11.4. The molecule has 0 aliphatic carbocycles. The van der Waals surface area contributed by atoms with Crippen LogP contribution in [0.4, 0.5) is 0 Å². The number of nitrogens with one attached hydrogen (secondary N) is 1. The van der Waals surface area contributed by atoms with Crippen LogP contribution in [-0.2, 0) is 0 Å². The van der Waals surface area contributed by atoms with Crippen molar-refractivity contribution in [3.8, 4) is 11.5 Å². The first-order valence-corrected chi connectivity index (χ1v) is 4.62. The van der Waals surface area contributed by atoms with Crippen molar-refractivity contribution in [1.82, 2.24) is 4.98 Å². The van der Waals surface area contributed by atoms with Crippen LogP contribution in [0.15, 0.2) is 18.2 Å². The second-order valence-electron chi connectivity index (χ2n) is 3.26. The van der Waals surface area contributed by atoms with Crippen LogP contribution >= 0.6 is 0 Å². The van der Waals surface area contributed by atoms with E-state index in [0.717, 1.165) is 0 Å². The molecule has 0 bridgehead atoms. The van der Waals surface area contributed by atoms with Crippen LogP contribution < -0.4 is 14.6 Å². The van der Waals surface area contributed by atoms with Gasteiger partial charge in [-0.3, -0.25) is 0 Å². The molecule has 16 heavy (non-hydrogen) atoms. The van der Waals surface area contributed by atoms with E-state index in [0.29, 0.717) is 22.4 Å². The molecule has 0 unspecified atom stereocenters. The van der Waals surface area contributed by atoms with Crippen LogP contribution in [-0.4, -0.2) is 25.2 Å². The number of hydrogen-bond acceptors (Lipinski definition) is 4. The molecule has 0 aliphatic heterocycles. The number of carbonyl (C=O) groups is 1. The molecule has 84 valence electrons. The molecule has 1 aromatic heterocycles. The van der Waals surface area contributed by atoms with Crippen LogP contribution in [0.5, 0.6) is 11.5 Å². The number of carboxylic acids is 1. The summed E-state index contributed by atoms with van der Waals surface area (Å²) in [6.07, 6.45) is 0. The monoisotopic (exact) mass is 220 g/mol. The second-order valence-corrected chi connectivity index (χ2v) is 3.26. The Hall–Kier alpha value is -2.17. The summed E-state index contributed by atoms with van der Waals surface area (Å²) in [4.78, 5) is 13.4. The Morgan fingerprint density at radius 1 is 1.25 bits per heavy atom. The topological polar surface area (TPSA) is 74.4 Å². The van der Waals surface area contributed by atoms with E-state index < -0.39 is 5.97 Å². The molecular weight excluding hydrogens is 210 g/mol. The zero-order valence-corrected chi connectivity index (χ0v) is 8.87. The van der Waals surface area contributed by atoms with Gasteiger partial charge in [0.05, 0.1) is 31.4 Å². The number of rotatable bonds is 3. The van der Waals surface area contributed by atoms with Gasteiger partial charge < -0.3 is 24.4 Å². The van der Waals surface area contributed by atoms with E-state index in [2.05, 4.69) is 4.98 Å². The van der Waals surface area contributed by atoms with Crippen molar-refractivity contribution in [2.24, 2.45) is 0 Å². The van der Waals surface area contributed by atoms with E-state index in [1.165, 1.54) is 20.3 Å². The minimum Gasteiger partial charge on any atom is -0.543 e. The molecule has 0 spiro atoms. The number of ether oxygens (including phenoxy) is 2. The van der Waals surface area contributed by atoms with Gasteiger partial charge in [-0.15, -0.1) is 0 Å². The largest absolute Gasteiger partial charge is 0.543 e. The molecule has 0 amide bonds. The molecule has 0 aliphatic rings. The van der Waals surface area contributed by atoms with Crippen molar-refractivity contribution in [2.75, 3.05) is 14.2 Å². The van der Waals surface area contributed by atoms with Gasteiger partial charge in [-0.1, -0.05) is 0 Å². The number of aromatic amines is 1. The van der Waals surface area contributed by atoms with E-state index in [4.69, 9.17) is 9.47 Å². The number of carbonyl (C=O) groups excluding carboxylic acids is 1. The minimum absolute atomic E-state index is 0.0153. The number of fused-ring (bicyclic) bond motifs is 1. The molecule has 5 heteroatoms. The summed E-state index contributed by atoms with van der Waals surface area (Å²) in [5.74, 6) is -0.118. The Bertz CT molecular complexity index is 544. The number of benzene rings is 1. The highest BCUT2D eigenvalue weighted by Gasteiger charge is 2.09. The molecule has 1 N–H and O–H groups in total. The zero-order chi connectivity index (χ0) is 11.7. The Morgan fingerprint density at radius 2 is 2.00 bits per heavy atom. The summed E-state index contributed by atoms with van der Waals surface area (Å²) in [6, 6.07) is 4.88. The maximum atomic E-state index is 10.7. The van der Waals surface area contributed by atoms with Crippen molar-refractivity contribution in [3.05, 3.63) is 23.9 Å². The molecule has 1 heterocycles. The number of hydrogen-bond donors (Lipinski definition) is 1. The van der Waals surface area contributed by atoms with E-state index in [9.17, 15) is 9.90 Å². The third-order valence-corrected chi connectivity index (χ3v) is 2.34. The van der Waals surface area contributed by atoms with Gasteiger partial charge >= 0.3 is 0 Å². The number of aromatic carboxylic acids is 1. The molecule has 1 aromatic carbocycles. The lowest BCUT2D eigenvalue weighted by atomic mass is 10.2. The normalized spacial score (nSPS) is 10.4. The molecule has 0 atom stereocenters. The Morgan fingerprint density at radius 3 is 2.56 bits per heavy atom. The van der Waals surface area contributed by atoms with Gasteiger partial charge in [-0.05, 0) is 12.1 Å². The lowest BCUT2D eigenvalue weighted by molar-refractivity contribution is -0.255. The Kier molecular flexibility index (Phi) is 2.44. The Labute approximate surface area is 91.6 Å². The quantitative estimate of drug-likeness (QED) is 0.819. The first-order chi connectivity index (χ1) is 7.65.